The molecule has 0 radical (unpaired) electrons. The van der Waals surface area contributed by atoms with Crippen LogP contribution in [0.5, 0.6) is 11.5 Å². The molecular weight excluding hydrogens is 400 g/mol. The number of benzene rings is 2. The van der Waals surface area contributed by atoms with Crippen molar-refractivity contribution in [1.82, 2.24) is 4.98 Å². The first kappa shape index (κ1) is 20.0. The number of para-hydroxylation sites is 1. The number of carbonyl (C=O) groups is 1. The molecule has 2 aromatic heterocycles. The summed E-state index contributed by atoms with van der Waals surface area (Å²) >= 11 is 1.34. The van der Waals surface area contributed by atoms with E-state index >= 15 is 0 Å². The molecule has 0 unspecified atom stereocenters. The van der Waals surface area contributed by atoms with E-state index in [4.69, 9.17) is 13.9 Å². The summed E-state index contributed by atoms with van der Waals surface area (Å²) in [5, 5.41) is 6.13. The number of ether oxygens (including phenoxy) is 2. The number of anilines is 1. The molecule has 0 bridgehead atoms. The summed E-state index contributed by atoms with van der Waals surface area (Å²) in [4.78, 5) is 17.1. The Hall–Kier alpha value is -3.32. The summed E-state index contributed by atoms with van der Waals surface area (Å²) < 4.78 is 17.0. The van der Waals surface area contributed by atoms with E-state index in [2.05, 4.69) is 17.2 Å². The summed E-state index contributed by atoms with van der Waals surface area (Å²) in [5.74, 6) is 1.75. The van der Waals surface area contributed by atoms with Crippen molar-refractivity contribution in [1.29, 1.82) is 0 Å². The van der Waals surface area contributed by atoms with Gasteiger partial charge in [0, 0.05) is 16.3 Å². The van der Waals surface area contributed by atoms with Crippen LogP contribution in [0.15, 0.2) is 58.3 Å². The largest absolute Gasteiger partial charge is 0.494 e. The molecule has 30 heavy (non-hydrogen) atoms. The second-order valence-electron chi connectivity index (χ2n) is 6.71. The van der Waals surface area contributed by atoms with Crippen molar-refractivity contribution >= 4 is 33.3 Å². The molecule has 1 amide bonds. The van der Waals surface area contributed by atoms with Gasteiger partial charge in [-0.25, -0.2) is 4.98 Å². The lowest BCUT2D eigenvalue weighted by molar-refractivity contribution is 0.102. The molecule has 0 spiro atoms. The number of nitrogens with one attached hydrogen (secondary N) is 1. The SMILES string of the molecule is CCCCOc1cccc(C(=O)Nc2nc(-c3cc4cccc(OC)c4o3)cs2)c1. The van der Waals surface area contributed by atoms with Gasteiger partial charge in [0.2, 0.25) is 0 Å². The van der Waals surface area contributed by atoms with Crippen LogP contribution in [-0.2, 0) is 0 Å². The number of hydrogen-bond acceptors (Lipinski definition) is 6. The molecule has 0 saturated heterocycles. The minimum Gasteiger partial charge on any atom is -0.494 e. The fourth-order valence-corrected chi connectivity index (χ4v) is 3.69. The Morgan fingerprint density at radius 2 is 2.07 bits per heavy atom. The minimum atomic E-state index is -0.233. The van der Waals surface area contributed by atoms with Crippen molar-refractivity contribution < 1.29 is 18.7 Å². The first-order valence-corrected chi connectivity index (χ1v) is 10.6. The molecule has 0 aliphatic rings. The number of unbranched alkanes of at least 4 members (excludes halogenated alkanes) is 1. The van der Waals surface area contributed by atoms with Gasteiger partial charge in [-0.3, -0.25) is 10.1 Å². The van der Waals surface area contributed by atoms with Crippen molar-refractivity contribution in [3.8, 4) is 23.0 Å². The highest BCUT2D eigenvalue weighted by Gasteiger charge is 2.15. The van der Waals surface area contributed by atoms with Gasteiger partial charge in [0.15, 0.2) is 22.2 Å². The molecule has 6 nitrogen and oxygen atoms in total. The van der Waals surface area contributed by atoms with Gasteiger partial charge in [-0.15, -0.1) is 11.3 Å². The maximum Gasteiger partial charge on any atom is 0.257 e. The van der Waals surface area contributed by atoms with Crippen molar-refractivity contribution in [2.75, 3.05) is 19.0 Å². The number of rotatable bonds is 8. The number of thiazole rings is 1. The van der Waals surface area contributed by atoms with E-state index < -0.39 is 0 Å². The number of fused-ring (bicyclic) bond motifs is 1. The number of nitrogens with zero attached hydrogens (tertiary/aromatic N) is 1. The summed E-state index contributed by atoms with van der Waals surface area (Å²) in [6, 6.07) is 14.8. The fraction of sp³-hybridized carbons (Fsp3) is 0.217. The van der Waals surface area contributed by atoms with Gasteiger partial charge < -0.3 is 13.9 Å². The highest BCUT2D eigenvalue weighted by atomic mass is 32.1. The Balaban J connectivity index is 1.48. The van der Waals surface area contributed by atoms with Gasteiger partial charge in [-0.2, -0.15) is 0 Å². The normalized spacial score (nSPS) is 10.9. The van der Waals surface area contributed by atoms with Gasteiger partial charge in [0.1, 0.15) is 11.4 Å². The lowest BCUT2D eigenvalue weighted by Crippen LogP contribution is -2.11. The number of aromatic nitrogens is 1. The van der Waals surface area contributed by atoms with Gasteiger partial charge in [-0.1, -0.05) is 31.5 Å². The van der Waals surface area contributed by atoms with Crippen molar-refractivity contribution in [3.05, 3.63) is 59.5 Å². The third-order valence-corrected chi connectivity index (χ3v) is 5.33. The summed E-state index contributed by atoms with van der Waals surface area (Å²) in [7, 11) is 1.61. The van der Waals surface area contributed by atoms with Gasteiger partial charge in [-0.05, 0) is 36.8 Å². The Bertz CT molecular complexity index is 1160. The van der Waals surface area contributed by atoms with E-state index in [1.807, 2.05) is 41.8 Å². The van der Waals surface area contributed by atoms with Crippen molar-refractivity contribution in [3.63, 3.8) is 0 Å². The van der Waals surface area contributed by atoms with Crippen LogP contribution >= 0.6 is 11.3 Å². The van der Waals surface area contributed by atoms with Crippen LogP contribution in [0, 0.1) is 0 Å². The molecule has 0 fully saturated rings. The van der Waals surface area contributed by atoms with E-state index in [-0.39, 0.29) is 5.91 Å². The molecular formula is C23H22N2O4S. The van der Waals surface area contributed by atoms with Crippen LogP contribution in [0.3, 0.4) is 0 Å². The lowest BCUT2D eigenvalue weighted by Gasteiger charge is -2.07. The van der Waals surface area contributed by atoms with E-state index in [0.717, 1.165) is 18.2 Å². The first-order chi connectivity index (χ1) is 14.7. The second kappa shape index (κ2) is 9.00. The molecule has 0 saturated carbocycles. The molecule has 0 aliphatic heterocycles. The highest BCUT2D eigenvalue weighted by Crippen LogP contribution is 2.34. The summed E-state index contributed by atoms with van der Waals surface area (Å²) in [6.07, 6.45) is 2.04. The Morgan fingerprint density at radius 3 is 2.90 bits per heavy atom. The lowest BCUT2D eigenvalue weighted by atomic mass is 10.2. The molecule has 0 aliphatic carbocycles. The number of methoxy groups -OCH3 is 1. The van der Waals surface area contributed by atoms with Gasteiger partial charge >= 0.3 is 0 Å². The quantitative estimate of drug-likeness (QED) is 0.353. The van der Waals surface area contributed by atoms with E-state index in [0.29, 0.717) is 45.8 Å². The Labute approximate surface area is 178 Å². The number of amides is 1. The van der Waals surface area contributed by atoms with Crippen LogP contribution in [0.2, 0.25) is 0 Å². The zero-order chi connectivity index (χ0) is 20.9. The van der Waals surface area contributed by atoms with Gasteiger partial charge in [0.05, 0.1) is 13.7 Å². The summed E-state index contributed by atoms with van der Waals surface area (Å²) in [6.45, 7) is 2.75. The molecule has 4 rings (SSSR count). The van der Waals surface area contributed by atoms with Crippen molar-refractivity contribution in [2.24, 2.45) is 0 Å². The van der Waals surface area contributed by atoms with E-state index in [1.54, 1.807) is 19.2 Å². The van der Waals surface area contributed by atoms with Crippen LogP contribution in [0.25, 0.3) is 22.4 Å². The third-order valence-electron chi connectivity index (χ3n) is 4.57. The average molecular weight is 423 g/mol. The maximum atomic E-state index is 12.6. The molecule has 1 N–H and O–H groups in total. The predicted octanol–water partition coefficient (Wildman–Crippen LogP) is 6.00. The molecule has 2 heterocycles. The molecule has 4 aromatic rings. The predicted molar refractivity (Wildman–Crippen MR) is 119 cm³/mol. The topological polar surface area (TPSA) is 73.6 Å². The Morgan fingerprint density at radius 1 is 1.20 bits per heavy atom. The number of hydrogen-bond donors (Lipinski definition) is 1. The highest BCUT2D eigenvalue weighted by molar-refractivity contribution is 7.14. The van der Waals surface area contributed by atoms with Crippen LogP contribution < -0.4 is 14.8 Å². The van der Waals surface area contributed by atoms with Gasteiger partial charge in [0.25, 0.3) is 5.91 Å². The number of carbonyl (C=O) groups excluding carboxylic acids is 1. The van der Waals surface area contributed by atoms with Crippen LogP contribution in [0.1, 0.15) is 30.1 Å². The average Bonchev–Trinajstić information content (AvgIpc) is 3.40. The maximum absolute atomic E-state index is 12.6. The summed E-state index contributed by atoms with van der Waals surface area (Å²) in [5.41, 5.74) is 1.85. The zero-order valence-corrected chi connectivity index (χ0v) is 17.6. The third kappa shape index (κ3) is 4.31. The molecule has 7 heteroatoms. The minimum absolute atomic E-state index is 0.233. The van der Waals surface area contributed by atoms with Crippen LogP contribution in [-0.4, -0.2) is 24.6 Å². The monoisotopic (exact) mass is 422 g/mol. The molecule has 154 valence electrons. The smallest absolute Gasteiger partial charge is 0.257 e. The molecule has 0 atom stereocenters. The first-order valence-electron chi connectivity index (χ1n) is 9.74. The zero-order valence-electron chi connectivity index (χ0n) is 16.8. The molecule has 2 aromatic carbocycles. The second-order valence-corrected chi connectivity index (χ2v) is 7.57. The van der Waals surface area contributed by atoms with Crippen molar-refractivity contribution in [2.45, 2.75) is 19.8 Å². The Kier molecular flexibility index (Phi) is 5.99. The standard InChI is InChI=1S/C23H22N2O4S/c1-3-4-11-28-17-9-5-8-16(12-17)22(26)25-23-24-18(14-30-23)20-13-15-7-6-10-19(27-2)21(15)29-20/h5-10,12-14H,3-4,11H2,1-2H3,(H,24,25,26). The van der Waals surface area contributed by atoms with Crippen LogP contribution in [0.4, 0.5) is 5.13 Å². The van der Waals surface area contributed by atoms with E-state index in [9.17, 15) is 4.79 Å². The van der Waals surface area contributed by atoms with E-state index in [1.165, 1.54) is 11.3 Å². The number of furan rings is 1. The fourth-order valence-electron chi connectivity index (χ4n) is 3.00.